The highest BCUT2D eigenvalue weighted by molar-refractivity contribution is 6.31. The number of aryl methyl sites for hydroxylation is 1. The number of aromatic nitrogens is 2. The summed E-state index contributed by atoms with van der Waals surface area (Å²) < 4.78 is 7.50. The minimum Gasteiger partial charge on any atom is -0.387 e. The number of rotatable bonds is 6. The van der Waals surface area contributed by atoms with Gasteiger partial charge in [0.05, 0.1) is 29.1 Å². The van der Waals surface area contributed by atoms with E-state index in [9.17, 15) is 5.11 Å². The summed E-state index contributed by atoms with van der Waals surface area (Å²) in [5.74, 6) is 0. The maximum atomic E-state index is 10.3. The van der Waals surface area contributed by atoms with Crippen LogP contribution in [0.15, 0.2) is 6.20 Å². The maximum absolute atomic E-state index is 10.3. The Kier molecular flexibility index (Phi) is 5.67. The van der Waals surface area contributed by atoms with Crippen molar-refractivity contribution in [2.45, 2.75) is 64.2 Å². The molecule has 2 rings (SSSR count). The third-order valence-corrected chi connectivity index (χ3v) is 3.91. The van der Waals surface area contributed by atoms with Crippen molar-refractivity contribution in [3.05, 3.63) is 16.9 Å². The third-order valence-electron chi connectivity index (χ3n) is 3.62. The average Bonchev–Trinajstić information content (AvgIpc) is 2.79. The molecule has 0 aromatic carbocycles. The Morgan fingerprint density at radius 2 is 2.42 bits per heavy atom. The molecule has 1 aromatic heterocycles. The fourth-order valence-corrected chi connectivity index (χ4v) is 2.88. The van der Waals surface area contributed by atoms with Crippen LogP contribution in [0.4, 0.5) is 0 Å². The van der Waals surface area contributed by atoms with Crippen LogP contribution in [0.1, 0.15) is 57.2 Å². The second kappa shape index (κ2) is 7.27. The van der Waals surface area contributed by atoms with Gasteiger partial charge in [0, 0.05) is 13.2 Å². The van der Waals surface area contributed by atoms with Crippen LogP contribution in [-0.2, 0) is 11.3 Å². The molecule has 1 aliphatic rings. The lowest BCUT2D eigenvalue weighted by atomic mass is 10.0. The molecule has 1 aliphatic heterocycles. The van der Waals surface area contributed by atoms with Crippen LogP contribution in [-0.4, -0.2) is 27.6 Å². The van der Waals surface area contributed by atoms with Gasteiger partial charge in [0.15, 0.2) is 0 Å². The Balaban J connectivity index is 1.91. The van der Waals surface area contributed by atoms with Crippen molar-refractivity contribution in [1.82, 2.24) is 9.78 Å². The Labute approximate surface area is 119 Å². The van der Waals surface area contributed by atoms with Crippen molar-refractivity contribution in [1.29, 1.82) is 0 Å². The van der Waals surface area contributed by atoms with Crippen molar-refractivity contribution in [2.75, 3.05) is 6.61 Å². The topological polar surface area (TPSA) is 47.3 Å². The first kappa shape index (κ1) is 14.8. The van der Waals surface area contributed by atoms with E-state index in [1.165, 1.54) is 6.42 Å². The van der Waals surface area contributed by atoms with Crippen molar-refractivity contribution < 1.29 is 9.84 Å². The van der Waals surface area contributed by atoms with E-state index in [1.54, 1.807) is 6.20 Å². The number of aliphatic hydroxyl groups is 1. The predicted molar refractivity (Wildman–Crippen MR) is 75.3 cm³/mol. The Morgan fingerprint density at radius 1 is 1.58 bits per heavy atom. The SMILES string of the molecule is CCCn1ncc(Cl)c1C(O)CCC1CCCCO1. The molecule has 19 heavy (non-hydrogen) atoms. The molecule has 1 saturated heterocycles. The van der Waals surface area contributed by atoms with Gasteiger partial charge in [-0.1, -0.05) is 18.5 Å². The van der Waals surface area contributed by atoms with Gasteiger partial charge >= 0.3 is 0 Å². The van der Waals surface area contributed by atoms with Crippen LogP contribution in [0.25, 0.3) is 0 Å². The van der Waals surface area contributed by atoms with Crippen LogP contribution in [0.5, 0.6) is 0 Å². The molecule has 2 atom stereocenters. The van der Waals surface area contributed by atoms with E-state index in [-0.39, 0.29) is 0 Å². The maximum Gasteiger partial charge on any atom is 0.0972 e. The van der Waals surface area contributed by atoms with E-state index in [2.05, 4.69) is 12.0 Å². The number of aliphatic hydroxyl groups excluding tert-OH is 1. The number of nitrogens with zero attached hydrogens (tertiary/aromatic N) is 2. The second-order valence-corrected chi connectivity index (χ2v) is 5.59. The molecule has 5 heteroatoms. The summed E-state index contributed by atoms with van der Waals surface area (Å²) in [6.45, 7) is 3.73. The molecule has 108 valence electrons. The molecule has 1 aromatic rings. The predicted octanol–water partition coefficient (Wildman–Crippen LogP) is 3.33. The summed E-state index contributed by atoms with van der Waals surface area (Å²) in [6, 6.07) is 0. The van der Waals surface area contributed by atoms with Gasteiger partial charge in [0.25, 0.3) is 0 Å². The van der Waals surface area contributed by atoms with E-state index in [0.29, 0.717) is 17.5 Å². The first-order valence-corrected chi connectivity index (χ1v) is 7.61. The molecule has 0 aliphatic carbocycles. The Bertz CT molecular complexity index is 389. The molecule has 1 fully saturated rings. The first-order valence-electron chi connectivity index (χ1n) is 7.23. The monoisotopic (exact) mass is 286 g/mol. The van der Waals surface area contributed by atoms with Gasteiger partial charge in [-0.2, -0.15) is 5.10 Å². The first-order chi connectivity index (χ1) is 9.22. The third kappa shape index (κ3) is 3.94. The van der Waals surface area contributed by atoms with Gasteiger partial charge in [-0.25, -0.2) is 0 Å². The molecule has 2 unspecified atom stereocenters. The molecule has 0 radical (unpaired) electrons. The second-order valence-electron chi connectivity index (χ2n) is 5.18. The summed E-state index contributed by atoms with van der Waals surface area (Å²) in [5.41, 5.74) is 0.749. The summed E-state index contributed by atoms with van der Waals surface area (Å²) in [7, 11) is 0. The average molecular weight is 287 g/mol. The highest BCUT2D eigenvalue weighted by Gasteiger charge is 2.21. The number of halogens is 1. The number of ether oxygens (including phenoxy) is 1. The summed E-state index contributed by atoms with van der Waals surface area (Å²) in [6.07, 6.45) is 7.40. The molecular weight excluding hydrogens is 264 g/mol. The Hall–Kier alpha value is -0.580. The molecule has 4 nitrogen and oxygen atoms in total. The van der Waals surface area contributed by atoms with Crippen molar-refractivity contribution in [2.24, 2.45) is 0 Å². The van der Waals surface area contributed by atoms with Gasteiger partial charge in [-0.3, -0.25) is 4.68 Å². The zero-order valence-corrected chi connectivity index (χ0v) is 12.3. The molecule has 1 N–H and O–H groups in total. The van der Waals surface area contributed by atoms with E-state index in [1.807, 2.05) is 4.68 Å². The number of hydrogen-bond donors (Lipinski definition) is 1. The summed E-state index contributed by atoms with van der Waals surface area (Å²) in [5, 5.41) is 15.1. The zero-order valence-electron chi connectivity index (χ0n) is 11.5. The van der Waals surface area contributed by atoms with Gasteiger partial charge in [0.2, 0.25) is 0 Å². The number of hydrogen-bond acceptors (Lipinski definition) is 3. The normalized spacial score (nSPS) is 21.5. The van der Waals surface area contributed by atoms with Crippen LogP contribution in [0.3, 0.4) is 0 Å². The smallest absolute Gasteiger partial charge is 0.0972 e. The standard InChI is InChI=1S/C14H23ClN2O2/c1-2-8-17-14(12(15)10-16-17)13(18)7-6-11-5-3-4-9-19-11/h10-11,13,18H,2-9H2,1H3. The van der Waals surface area contributed by atoms with Gasteiger partial charge in [-0.05, 0) is 38.5 Å². The minimum absolute atomic E-state index is 0.296. The highest BCUT2D eigenvalue weighted by atomic mass is 35.5. The minimum atomic E-state index is -0.549. The zero-order chi connectivity index (χ0) is 13.7. The summed E-state index contributed by atoms with van der Waals surface area (Å²) in [4.78, 5) is 0. The summed E-state index contributed by atoms with van der Waals surface area (Å²) >= 11 is 6.12. The van der Waals surface area contributed by atoms with Crippen molar-refractivity contribution in [3.63, 3.8) is 0 Å². The highest BCUT2D eigenvalue weighted by Crippen LogP contribution is 2.28. The van der Waals surface area contributed by atoms with Gasteiger partial charge in [-0.15, -0.1) is 0 Å². The van der Waals surface area contributed by atoms with E-state index >= 15 is 0 Å². The van der Waals surface area contributed by atoms with E-state index < -0.39 is 6.10 Å². The molecular formula is C14H23ClN2O2. The van der Waals surface area contributed by atoms with Crippen LogP contribution >= 0.6 is 11.6 Å². The van der Waals surface area contributed by atoms with Crippen LogP contribution in [0, 0.1) is 0 Å². The molecule has 0 spiro atoms. The van der Waals surface area contributed by atoms with Crippen molar-refractivity contribution in [3.8, 4) is 0 Å². The molecule has 0 bridgehead atoms. The van der Waals surface area contributed by atoms with Gasteiger partial charge < -0.3 is 9.84 Å². The Morgan fingerprint density at radius 3 is 3.11 bits per heavy atom. The lowest BCUT2D eigenvalue weighted by Crippen LogP contribution is -2.20. The van der Waals surface area contributed by atoms with E-state index in [4.69, 9.17) is 16.3 Å². The van der Waals surface area contributed by atoms with Crippen LogP contribution < -0.4 is 0 Å². The molecule has 0 amide bonds. The lowest BCUT2D eigenvalue weighted by Gasteiger charge is -2.23. The van der Waals surface area contributed by atoms with Gasteiger partial charge in [0.1, 0.15) is 0 Å². The fraction of sp³-hybridized carbons (Fsp3) is 0.786. The quantitative estimate of drug-likeness (QED) is 0.872. The fourth-order valence-electron chi connectivity index (χ4n) is 2.61. The van der Waals surface area contributed by atoms with Crippen molar-refractivity contribution >= 4 is 11.6 Å². The largest absolute Gasteiger partial charge is 0.387 e. The lowest BCUT2D eigenvalue weighted by molar-refractivity contribution is 0.00154. The van der Waals surface area contributed by atoms with E-state index in [0.717, 1.165) is 44.5 Å². The molecule has 0 saturated carbocycles. The van der Waals surface area contributed by atoms with Crippen LogP contribution in [0.2, 0.25) is 5.02 Å². The molecule has 2 heterocycles.